The number of carbonyl (C=O) groups is 1. The molecular formula is C28H38FN3O3S. The Morgan fingerprint density at radius 1 is 1.11 bits per heavy atom. The molecular weight excluding hydrogens is 477 g/mol. The lowest BCUT2D eigenvalue weighted by molar-refractivity contribution is -0.132. The molecule has 3 rings (SSSR count). The van der Waals surface area contributed by atoms with Crippen molar-refractivity contribution in [1.29, 1.82) is 0 Å². The van der Waals surface area contributed by atoms with E-state index in [1.807, 2.05) is 17.0 Å². The van der Waals surface area contributed by atoms with Crippen LogP contribution in [0.5, 0.6) is 5.75 Å². The molecule has 3 N–H and O–H groups in total. The smallest absolute Gasteiger partial charge is 0.305 e. The molecule has 0 aliphatic carbocycles. The Balaban J connectivity index is 1.42. The van der Waals surface area contributed by atoms with Gasteiger partial charge in [0, 0.05) is 26.1 Å². The monoisotopic (exact) mass is 515 g/mol. The zero-order valence-electron chi connectivity index (χ0n) is 21.5. The highest BCUT2D eigenvalue weighted by Gasteiger charge is 2.20. The van der Waals surface area contributed by atoms with E-state index in [0.29, 0.717) is 31.6 Å². The number of rotatable bonds is 13. The normalized spacial score (nSPS) is 11.8. The zero-order chi connectivity index (χ0) is 26.1. The maximum absolute atomic E-state index is 13.3. The summed E-state index contributed by atoms with van der Waals surface area (Å²) in [5.74, 6) is 0.0332. The highest BCUT2D eigenvalue weighted by molar-refractivity contribution is 7.16. The van der Waals surface area contributed by atoms with Gasteiger partial charge in [0.25, 0.3) is 0 Å². The van der Waals surface area contributed by atoms with Gasteiger partial charge in [0.1, 0.15) is 17.1 Å². The molecule has 0 atom stereocenters. The van der Waals surface area contributed by atoms with Crippen molar-refractivity contribution < 1.29 is 14.3 Å². The fraction of sp³-hybridized carbons (Fsp3) is 0.500. The fourth-order valence-electron chi connectivity index (χ4n) is 4.33. The molecule has 0 aliphatic rings. The lowest BCUT2D eigenvalue weighted by atomic mass is 9.95. The van der Waals surface area contributed by atoms with Gasteiger partial charge in [-0.1, -0.05) is 56.7 Å². The third-order valence-corrected chi connectivity index (χ3v) is 6.98. The van der Waals surface area contributed by atoms with Crippen molar-refractivity contribution in [2.24, 2.45) is 5.41 Å². The fourth-order valence-corrected chi connectivity index (χ4v) is 5.23. The minimum absolute atomic E-state index is 0.0177. The molecule has 196 valence electrons. The number of thiazole rings is 1. The molecule has 8 heteroatoms. The molecule has 1 aromatic heterocycles. The molecule has 1 amide bonds. The molecule has 0 saturated heterocycles. The van der Waals surface area contributed by atoms with Crippen molar-refractivity contribution in [3.8, 4) is 5.75 Å². The standard InChI is InChI=1S/C28H38FN3O3S/c1-28(2,3)19-32(24(34)14-16-30-15-13-20-8-7-10-22(29)18-20)17-6-4-5-9-21-11-12-23(33)25-26(21)36-27(35)31-25/h7-8,10-12,18,30,33H,4-6,9,13-17,19H2,1-3H3,(H,31,35). The maximum Gasteiger partial charge on any atom is 0.305 e. The predicted octanol–water partition coefficient (Wildman–Crippen LogP) is 5.24. The average Bonchev–Trinajstić information content (AvgIpc) is 3.21. The number of aromatic amines is 1. The number of amides is 1. The summed E-state index contributed by atoms with van der Waals surface area (Å²) >= 11 is 1.14. The number of aromatic hydroxyl groups is 1. The Kier molecular flexibility index (Phi) is 10.1. The van der Waals surface area contributed by atoms with Crippen LogP contribution in [-0.4, -0.2) is 47.1 Å². The van der Waals surface area contributed by atoms with E-state index in [2.05, 4.69) is 31.1 Å². The number of halogens is 1. The number of phenolic OH excluding ortho intramolecular Hbond substituents is 1. The van der Waals surface area contributed by atoms with Crippen LogP contribution in [-0.2, 0) is 17.6 Å². The molecule has 36 heavy (non-hydrogen) atoms. The Morgan fingerprint density at radius 3 is 2.67 bits per heavy atom. The largest absolute Gasteiger partial charge is 0.506 e. The number of nitrogens with zero attached hydrogens (tertiary/aromatic N) is 1. The van der Waals surface area contributed by atoms with E-state index in [1.165, 1.54) is 6.07 Å². The Labute approximate surface area is 216 Å². The van der Waals surface area contributed by atoms with E-state index in [4.69, 9.17) is 0 Å². The predicted molar refractivity (Wildman–Crippen MR) is 145 cm³/mol. The van der Waals surface area contributed by atoms with Crippen LogP contribution in [0.4, 0.5) is 4.39 Å². The number of aryl methyl sites for hydroxylation is 1. The van der Waals surface area contributed by atoms with E-state index < -0.39 is 0 Å². The number of hydrogen-bond donors (Lipinski definition) is 3. The summed E-state index contributed by atoms with van der Waals surface area (Å²) in [5, 5.41) is 13.3. The van der Waals surface area contributed by atoms with Gasteiger partial charge in [0.05, 0.1) is 4.70 Å². The van der Waals surface area contributed by atoms with Crippen LogP contribution in [0.3, 0.4) is 0 Å². The number of aromatic nitrogens is 1. The molecule has 0 aliphatic heterocycles. The maximum atomic E-state index is 13.3. The molecule has 0 saturated carbocycles. The van der Waals surface area contributed by atoms with E-state index in [-0.39, 0.29) is 27.8 Å². The zero-order valence-corrected chi connectivity index (χ0v) is 22.3. The average molecular weight is 516 g/mol. The second-order valence-corrected chi connectivity index (χ2v) is 11.5. The summed E-state index contributed by atoms with van der Waals surface area (Å²) in [6.45, 7) is 9.17. The number of nitrogens with one attached hydrogen (secondary N) is 2. The Hall–Kier alpha value is -2.71. The van der Waals surface area contributed by atoms with Crippen molar-refractivity contribution in [3.05, 3.63) is 63.0 Å². The molecule has 1 heterocycles. The number of fused-ring (bicyclic) bond motifs is 1. The van der Waals surface area contributed by atoms with Gasteiger partial charge in [-0.25, -0.2) is 4.39 Å². The number of phenols is 1. The number of H-pyrrole nitrogens is 1. The van der Waals surface area contributed by atoms with Crippen LogP contribution < -0.4 is 10.2 Å². The summed E-state index contributed by atoms with van der Waals surface area (Å²) in [6.07, 6.45) is 4.83. The minimum Gasteiger partial charge on any atom is -0.506 e. The first-order chi connectivity index (χ1) is 17.1. The number of carbonyl (C=O) groups excluding carboxylic acids is 1. The molecule has 6 nitrogen and oxygen atoms in total. The van der Waals surface area contributed by atoms with Crippen LogP contribution >= 0.6 is 11.3 Å². The van der Waals surface area contributed by atoms with Gasteiger partial charge in [-0.2, -0.15) is 0 Å². The first kappa shape index (κ1) is 27.9. The SMILES string of the molecule is CC(C)(C)CN(CCCCCc1ccc(O)c2[nH]c(=O)sc12)C(=O)CCNCCc1cccc(F)c1. The van der Waals surface area contributed by atoms with E-state index >= 15 is 0 Å². The summed E-state index contributed by atoms with van der Waals surface area (Å²) < 4.78 is 14.1. The third-order valence-electron chi connectivity index (χ3n) is 6.03. The molecule has 0 unspecified atom stereocenters. The summed E-state index contributed by atoms with van der Waals surface area (Å²) in [6, 6.07) is 10.1. The van der Waals surface area contributed by atoms with Crippen LogP contribution in [0.15, 0.2) is 41.2 Å². The first-order valence-electron chi connectivity index (χ1n) is 12.7. The molecule has 0 radical (unpaired) electrons. The van der Waals surface area contributed by atoms with Crippen molar-refractivity contribution in [1.82, 2.24) is 15.2 Å². The van der Waals surface area contributed by atoms with Crippen LogP contribution in [0.25, 0.3) is 10.2 Å². The van der Waals surface area contributed by atoms with Crippen LogP contribution in [0, 0.1) is 11.2 Å². The molecule has 0 bridgehead atoms. The summed E-state index contributed by atoms with van der Waals surface area (Å²) in [5.41, 5.74) is 2.55. The molecule has 3 aromatic rings. The summed E-state index contributed by atoms with van der Waals surface area (Å²) in [7, 11) is 0. The van der Waals surface area contributed by atoms with Gasteiger partial charge in [-0.05, 0) is 67.0 Å². The molecule has 0 spiro atoms. The van der Waals surface area contributed by atoms with Crippen LogP contribution in [0.2, 0.25) is 0 Å². The van der Waals surface area contributed by atoms with Crippen molar-refractivity contribution >= 4 is 27.5 Å². The van der Waals surface area contributed by atoms with Crippen molar-refractivity contribution in [2.75, 3.05) is 26.2 Å². The van der Waals surface area contributed by atoms with Crippen molar-refractivity contribution in [2.45, 2.75) is 59.3 Å². The highest BCUT2D eigenvalue weighted by atomic mass is 32.1. The van der Waals surface area contributed by atoms with Gasteiger partial charge in [-0.15, -0.1) is 0 Å². The number of benzene rings is 2. The lowest BCUT2D eigenvalue weighted by Crippen LogP contribution is -2.39. The second kappa shape index (κ2) is 13.0. The second-order valence-electron chi connectivity index (χ2n) is 10.5. The van der Waals surface area contributed by atoms with Gasteiger partial charge < -0.3 is 20.3 Å². The van der Waals surface area contributed by atoms with E-state index in [1.54, 1.807) is 18.2 Å². The highest BCUT2D eigenvalue weighted by Crippen LogP contribution is 2.28. The summed E-state index contributed by atoms with van der Waals surface area (Å²) in [4.78, 5) is 29.2. The van der Waals surface area contributed by atoms with Gasteiger partial charge in [-0.3, -0.25) is 9.59 Å². The molecule has 2 aromatic carbocycles. The number of unbranched alkanes of at least 4 members (excludes halogenated alkanes) is 2. The van der Waals surface area contributed by atoms with Crippen molar-refractivity contribution in [3.63, 3.8) is 0 Å². The number of hydrogen-bond acceptors (Lipinski definition) is 5. The van der Waals surface area contributed by atoms with Gasteiger partial charge in [0.15, 0.2) is 0 Å². The van der Waals surface area contributed by atoms with Crippen LogP contribution in [0.1, 0.15) is 57.6 Å². The molecule has 0 fully saturated rings. The van der Waals surface area contributed by atoms with E-state index in [9.17, 15) is 19.1 Å². The lowest BCUT2D eigenvalue weighted by Gasteiger charge is -2.30. The van der Waals surface area contributed by atoms with Gasteiger partial charge >= 0.3 is 4.87 Å². The Bertz CT molecular complexity index is 1200. The quantitative estimate of drug-likeness (QED) is 0.272. The van der Waals surface area contributed by atoms with Gasteiger partial charge in [0.2, 0.25) is 5.91 Å². The third kappa shape index (κ3) is 8.75. The Morgan fingerprint density at radius 2 is 1.92 bits per heavy atom. The topological polar surface area (TPSA) is 85.4 Å². The first-order valence-corrected chi connectivity index (χ1v) is 13.5. The minimum atomic E-state index is -0.224. The van der Waals surface area contributed by atoms with E-state index in [0.717, 1.165) is 65.8 Å².